The molecule has 1 heterocycles. The fourth-order valence-corrected chi connectivity index (χ4v) is 2.86. The summed E-state index contributed by atoms with van der Waals surface area (Å²) in [5.74, 6) is 0.0404. The highest BCUT2D eigenvalue weighted by Crippen LogP contribution is 2.32. The maximum Gasteiger partial charge on any atom is 0.229 e. The topological polar surface area (TPSA) is 72.0 Å². The SMILES string of the molecule is CC(=O)Nc1ncc2c(n1)C[C@@H](c1cccc(Cl)c1)CC2=O. The summed E-state index contributed by atoms with van der Waals surface area (Å²) in [5, 5.41) is 3.19. The Morgan fingerprint density at radius 2 is 2.18 bits per heavy atom. The number of Topliss-reactive ketones (excluding diaryl/α,β-unsaturated/α-hetero) is 1. The zero-order valence-corrected chi connectivity index (χ0v) is 12.7. The van der Waals surface area contributed by atoms with E-state index in [9.17, 15) is 9.59 Å². The minimum absolute atomic E-state index is 0.0144. The Bertz CT molecular complexity index is 761. The molecule has 5 nitrogen and oxygen atoms in total. The van der Waals surface area contributed by atoms with Crippen LogP contribution in [0.5, 0.6) is 0 Å². The van der Waals surface area contributed by atoms with Crippen molar-refractivity contribution >= 4 is 29.2 Å². The van der Waals surface area contributed by atoms with Crippen LogP contribution in [0.3, 0.4) is 0 Å². The first kappa shape index (κ1) is 14.7. The molecule has 0 unspecified atom stereocenters. The third kappa shape index (κ3) is 2.99. The van der Waals surface area contributed by atoms with Gasteiger partial charge in [-0.15, -0.1) is 0 Å². The number of carbonyl (C=O) groups excluding carboxylic acids is 2. The minimum atomic E-state index is -0.242. The average Bonchev–Trinajstić information content (AvgIpc) is 2.46. The lowest BCUT2D eigenvalue weighted by Gasteiger charge is -2.23. The number of aromatic nitrogens is 2. The van der Waals surface area contributed by atoms with Crippen molar-refractivity contribution in [3.8, 4) is 0 Å². The highest BCUT2D eigenvalue weighted by Gasteiger charge is 2.28. The molecular weight excluding hydrogens is 302 g/mol. The van der Waals surface area contributed by atoms with Crippen LogP contribution in [0.4, 0.5) is 5.95 Å². The number of hydrogen-bond acceptors (Lipinski definition) is 4. The van der Waals surface area contributed by atoms with Gasteiger partial charge in [-0.25, -0.2) is 9.97 Å². The van der Waals surface area contributed by atoms with Crippen LogP contribution in [0.25, 0.3) is 0 Å². The molecule has 0 bridgehead atoms. The molecule has 1 aliphatic carbocycles. The lowest BCUT2D eigenvalue weighted by Crippen LogP contribution is -2.22. The molecule has 1 aromatic heterocycles. The fourth-order valence-electron chi connectivity index (χ4n) is 2.66. The lowest BCUT2D eigenvalue weighted by atomic mass is 9.82. The van der Waals surface area contributed by atoms with E-state index in [1.807, 2.05) is 18.2 Å². The van der Waals surface area contributed by atoms with Gasteiger partial charge in [-0.1, -0.05) is 23.7 Å². The molecule has 0 fully saturated rings. The summed E-state index contributed by atoms with van der Waals surface area (Å²) < 4.78 is 0. The van der Waals surface area contributed by atoms with Gasteiger partial charge >= 0.3 is 0 Å². The van der Waals surface area contributed by atoms with Crippen LogP contribution in [0, 0.1) is 0 Å². The first-order valence-corrected chi connectivity index (χ1v) is 7.33. The van der Waals surface area contributed by atoms with E-state index < -0.39 is 0 Å². The van der Waals surface area contributed by atoms with Gasteiger partial charge < -0.3 is 0 Å². The van der Waals surface area contributed by atoms with Crippen LogP contribution < -0.4 is 5.32 Å². The maximum atomic E-state index is 12.3. The van der Waals surface area contributed by atoms with Gasteiger partial charge in [0.25, 0.3) is 0 Å². The van der Waals surface area contributed by atoms with Crippen LogP contribution in [0.15, 0.2) is 30.5 Å². The molecule has 0 saturated heterocycles. The van der Waals surface area contributed by atoms with Crippen molar-refractivity contribution in [2.45, 2.75) is 25.7 Å². The Balaban J connectivity index is 1.93. The van der Waals surface area contributed by atoms with Crippen LogP contribution in [-0.2, 0) is 11.2 Å². The number of benzene rings is 1. The molecule has 112 valence electrons. The summed E-state index contributed by atoms with van der Waals surface area (Å²) in [6.45, 7) is 1.39. The van der Waals surface area contributed by atoms with Gasteiger partial charge in [0.15, 0.2) is 5.78 Å². The van der Waals surface area contributed by atoms with E-state index in [1.54, 1.807) is 6.07 Å². The summed E-state index contributed by atoms with van der Waals surface area (Å²) in [4.78, 5) is 31.7. The molecule has 0 saturated carbocycles. The number of fused-ring (bicyclic) bond motifs is 1. The highest BCUT2D eigenvalue weighted by atomic mass is 35.5. The quantitative estimate of drug-likeness (QED) is 0.924. The van der Waals surface area contributed by atoms with Gasteiger partial charge in [0, 0.05) is 24.6 Å². The van der Waals surface area contributed by atoms with Crippen molar-refractivity contribution in [1.82, 2.24) is 9.97 Å². The smallest absolute Gasteiger partial charge is 0.229 e. The summed E-state index contributed by atoms with van der Waals surface area (Å²) in [5.41, 5.74) is 2.22. The van der Waals surface area contributed by atoms with Gasteiger partial charge in [0.1, 0.15) is 0 Å². The standard InChI is InChI=1S/C16H14ClN3O2/c1-9(21)19-16-18-8-13-14(20-16)6-11(7-15(13)22)10-3-2-4-12(17)5-10/h2-5,8,11H,6-7H2,1H3,(H,18,19,20,21)/t11-/m1/s1. The van der Waals surface area contributed by atoms with Gasteiger partial charge in [-0.2, -0.15) is 0 Å². The number of carbonyl (C=O) groups is 2. The third-order valence-corrected chi connectivity index (χ3v) is 3.88. The number of ketones is 1. The third-order valence-electron chi connectivity index (χ3n) is 3.65. The normalized spacial score (nSPS) is 17.0. The fraction of sp³-hybridized carbons (Fsp3) is 0.250. The molecule has 3 rings (SSSR count). The number of halogens is 1. The molecule has 0 aliphatic heterocycles. The van der Waals surface area contributed by atoms with Crippen LogP contribution in [-0.4, -0.2) is 21.7 Å². The van der Waals surface area contributed by atoms with Crippen molar-refractivity contribution in [2.75, 3.05) is 5.32 Å². The molecule has 1 N–H and O–H groups in total. The second kappa shape index (κ2) is 5.85. The van der Waals surface area contributed by atoms with Crippen LogP contribution >= 0.6 is 11.6 Å². The Labute approximate surface area is 132 Å². The number of nitrogens with zero attached hydrogens (tertiary/aromatic N) is 2. The highest BCUT2D eigenvalue weighted by molar-refractivity contribution is 6.30. The molecule has 0 radical (unpaired) electrons. The van der Waals surface area contributed by atoms with Crippen molar-refractivity contribution in [2.24, 2.45) is 0 Å². The number of rotatable bonds is 2. The maximum absolute atomic E-state index is 12.3. The van der Waals surface area contributed by atoms with Crippen molar-refractivity contribution < 1.29 is 9.59 Å². The molecule has 6 heteroatoms. The molecule has 0 spiro atoms. The van der Waals surface area contributed by atoms with Gasteiger partial charge in [0.05, 0.1) is 11.3 Å². The second-order valence-corrected chi connectivity index (χ2v) is 5.75. The Kier molecular flexibility index (Phi) is 3.90. The predicted molar refractivity (Wildman–Crippen MR) is 83.2 cm³/mol. The molecule has 2 aromatic rings. The van der Waals surface area contributed by atoms with E-state index in [0.717, 1.165) is 5.56 Å². The van der Waals surface area contributed by atoms with Gasteiger partial charge in [-0.3, -0.25) is 14.9 Å². The van der Waals surface area contributed by atoms with E-state index in [-0.39, 0.29) is 23.6 Å². The molecule has 22 heavy (non-hydrogen) atoms. The molecular formula is C16H14ClN3O2. The monoisotopic (exact) mass is 315 g/mol. The number of nitrogens with one attached hydrogen (secondary N) is 1. The van der Waals surface area contributed by atoms with Crippen LogP contribution in [0.1, 0.15) is 40.9 Å². The number of amides is 1. The number of hydrogen-bond donors (Lipinski definition) is 1. The Morgan fingerprint density at radius 1 is 1.36 bits per heavy atom. The predicted octanol–water partition coefficient (Wildman–Crippen LogP) is 3.00. The van der Waals surface area contributed by atoms with Crippen molar-refractivity contribution in [1.29, 1.82) is 0 Å². The first-order chi connectivity index (χ1) is 10.5. The van der Waals surface area contributed by atoms with Crippen molar-refractivity contribution in [3.05, 3.63) is 52.3 Å². The number of anilines is 1. The summed E-state index contributed by atoms with van der Waals surface area (Å²) >= 11 is 6.03. The van der Waals surface area contributed by atoms with E-state index in [2.05, 4.69) is 15.3 Å². The van der Waals surface area contributed by atoms with Crippen LogP contribution in [0.2, 0.25) is 5.02 Å². The van der Waals surface area contributed by atoms with E-state index >= 15 is 0 Å². The van der Waals surface area contributed by atoms with E-state index in [0.29, 0.717) is 29.1 Å². The Morgan fingerprint density at radius 3 is 2.91 bits per heavy atom. The lowest BCUT2D eigenvalue weighted by molar-refractivity contribution is -0.114. The minimum Gasteiger partial charge on any atom is -0.295 e. The molecule has 1 atom stereocenters. The van der Waals surface area contributed by atoms with E-state index in [4.69, 9.17) is 11.6 Å². The molecule has 1 amide bonds. The second-order valence-electron chi connectivity index (χ2n) is 5.32. The summed E-state index contributed by atoms with van der Waals surface area (Å²) in [6, 6.07) is 7.52. The average molecular weight is 316 g/mol. The van der Waals surface area contributed by atoms with E-state index in [1.165, 1.54) is 13.1 Å². The summed E-state index contributed by atoms with van der Waals surface area (Å²) in [7, 11) is 0. The zero-order valence-electron chi connectivity index (χ0n) is 12.0. The first-order valence-electron chi connectivity index (χ1n) is 6.95. The zero-order chi connectivity index (χ0) is 15.7. The molecule has 1 aliphatic rings. The van der Waals surface area contributed by atoms with Gasteiger partial charge in [-0.05, 0) is 30.0 Å². The van der Waals surface area contributed by atoms with Gasteiger partial charge in [0.2, 0.25) is 11.9 Å². The summed E-state index contributed by atoms with van der Waals surface area (Å²) in [6.07, 6.45) is 2.52. The largest absolute Gasteiger partial charge is 0.295 e. The van der Waals surface area contributed by atoms with Crippen molar-refractivity contribution in [3.63, 3.8) is 0 Å². The molecule has 1 aromatic carbocycles. The Hall–Kier alpha value is -2.27.